The van der Waals surface area contributed by atoms with Crippen LogP contribution in [-0.2, 0) is 13.1 Å². The van der Waals surface area contributed by atoms with Gasteiger partial charge in [0.05, 0.1) is 12.2 Å². The van der Waals surface area contributed by atoms with Crippen molar-refractivity contribution < 1.29 is 17.9 Å². The first kappa shape index (κ1) is 14.2. The predicted octanol–water partition coefficient (Wildman–Crippen LogP) is 2.81. The van der Waals surface area contributed by atoms with Gasteiger partial charge in [-0.05, 0) is 19.1 Å². The van der Waals surface area contributed by atoms with Gasteiger partial charge in [0.25, 0.3) is 0 Å². The average molecular weight is 286 g/mol. The SMILES string of the molecule is CCn1ncnc1CNc1ccccc1OC(F)(F)F. The summed E-state index contributed by atoms with van der Waals surface area (Å²) >= 11 is 0. The van der Waals surface area contributed by atoms with E-state index < -0.39 is 6.36 Å². The van der Waals surface area contributed by atoms with Crippen LogP contribution in [0, 0.1) is 0 Å². The molecular weight excluding hydrogens is 273 g/mol. The van der Waals surface area contributed by atoms with Crippen molar-refractivity contribution >= 4 is 5.69 Å². The number of alkyl halides is 3. The van der Waals surface area contributed by atoms with Crippen molar-refractivity contribution in [2.45, 2.75) is 26.4 Å². The lowest BCUT2D eigenvalue weighted by molar-refractivity contribution is -0.274. The van der Waals surface area contributed by atoms with E-state index in [0.717, 1.165) is 0 Å². The summed E-state index contributed by atoms with van der Waals surface area (Å²) in [6.07, 6.45) is -3.32. The zero-order chi connectivity index (χ0) is 14.6. The highest BCUT2D eigenvalue weighted by molar-refractivity contribution is 5.56. The van der Waals surface area contributed by atoms with Crippen LogP contribution in [0.25, 0.3) is 0 Å². The van der Waals surface area contributed by atoms with Crippen molar-refractivity contribution in [2.24, 2.45) is 0 Å². The molecule has 0 bridgehead atoms. The van der Waals surface area contributed by atoms with E-state index in [1.165, 1.54) is 24.5 Å². The minimum Gasteiger partial charge on any atom is -0.404 e. The molecule has 0 aliphatic rings. The van der Waals surface area contributed by atoms with Gasteiger partial charge in [0, 0.05) is 6.54 Å². The normalized spacial score (nSPS) is 11.4. The molecule has 1 N–H and O–H groups in total. The lowest BCUT2D eigenvalue weighted by Crippen LogP contribution is -2.18. The number of rotatable bonds is 5. The zero-order valence-electron chi connectivity index (χ0n) is 10.7. The van der Waals surface area contributed by atoms with Crippen LogP contribution in [0.5, 0.6) is 5.75 Å². The van der Waals surface area contributed by atoms with E-state index in [1.54, 1.807) is 10.7 Å². The predicted molar refractivity (Wildman–Crippen MR) is 66.1 cm³/mol. The number of hydrogen-bond donors (Lipinski definition) is 1. The maximum Gasteiger partial charge on any atom is 0.573 e. The van der Waals surface area contributed by atoms with Gasteiger partial charge in [-0.2, -0.15) is 5.10 Å². The van der Waals surface area contributed by atoms with Crippen molar-refractivity contribution in [3.8, 4) is 5.75 Å². The summed E-state index contributed by atoms with van der Waals surface area (Å²) in [6, 6.07) is 5.85. The van der Waals surface area contributed by atoms with E-state index in [-0.39, 0.29) is 18.0 Å². The largest absolute Gasteiger partial charge is 0.573 e. The van der Waals surface area contributed by atoms with Gasteiger partial charge in [0.15, 0.2) is 5.75 Å². The molecule has 1 aromatic heterocycles. The molecule has 0 saturated heterocycles. The summed E-state index contributed by atoms with van der Waals surface area (Å²) in [5, 5.41) is 6.85. The molecule has 0 fully saturated rings. The topological polar surface area (TPSA) is 52.0 Å². The van der Waals surface area contributed by atoms with Gasteiger partial charge in [-0.25, -0.2) is 9.67 Å². The van der Waals surface area contributed by atoms with Crippen LogP contribution in [0.2, 0.25) is 0 Å². The molecule has 20 heavy (non-hydrogen) atoms. The molecule has 0 amide bonds. The number of anilines is 1. The van der Waals surface area contributed by atoms with Crippen LogP contribution < -0.4 is 10.1 Å². The van der Waals surface area contributed by atoms with Crippen LogP contribution in [0.15, 0.2) is 30.6 Å². The van der Waals surface area contributed by atoms with Gasteiger partial charge < -0.3 is 10.1 Å². The maximum atomic E-state index is 12.3. The Morgan fingerprint density at radius 3 is 2.75 bits per heavy atom. The lowest BCUT2D eigenvalue weighted by Gasteiger charge is -2.14. The summed E-state index contributed by atoms with van der Waals surface area (Å²) in [4.78, 5) is 4.03. The first-order valence-corrected chi connectivity index (χ1v) is 5.95. The highest BCUT2D eigenvalue weighted by atomic mass is 19.4. The number of benzene rings is 1. The molecule has 0 spiro atoms. The number of aromatic nitrogens is 3. The fraction of sp³-hybridized carbons (Fsp3) is 0.333. The smallest absolute Gasteiger partial charge is 0.404 e. The fourth-order valence-corrected chi connectivity index (χ4v) is 1.69. The van der Waals surface area contributed by atoms with Crippen LogP contribution in [0.4, 0.5) is 18.9 Å². The second kappa shape index (κ2) is 5.81. The molecular formula is C12H13F3N4O. The number of para-hydroxylation sites is 2. The maximum absolute atomic E-state index is 12.3. The monoisotopic (exact) mass is 286 g/mol. The third-order valence-electron chi connectivity index (χ3n) is 2.54. The van der Waals surface area contributed by atoms with Crippen molar-refractivity contribution in [1.82, 2.24) is 14.8 Å². The van der Waals surface area contributed by atoms with E-state index in [4.69, 9.17) is 0 Å². The number of nitrogens with one attached hydrogen (secondary N) is 1. The third-order valence-corrected chi connectivity index (χ3v) is 2.54. The van der Waals surface area contributed by atoms with E-state index in [1.807, 2.05) is 6.92 Å². The molecule has 0 atom stereocenters. The Labute approximate surface area is 113 Å². The van der Waals surface area contributed by atoms with Crippen molar-refractivity contribution in [3.05, 3.63) is 36.4 Å². The quantitative estimate of drug-likeness (QED) is 0.918. The van der Waals surface area contributed by atoms with Crippen LogP contribution in [0.1, 0.15) is 12.7 Å². The Bertz CT molecular complexity index is 568. The molecule has 0 saturated carbocycles. The van der Waals surface area contributed by atoms with Crippen LogP contribution in [-0.4, -0.2) is 21.1 Å². The van der Waals surface area contributed by atoms with Gasteiger partial charge in [-0.15, -0.1) is 13.2 Å². The third kappa shape index (κ3) is 3.62. The molecule has 0 aliphatic heterocycles. The van der Waals surface area contributed by atoms with Gasteiger partial charge in [0.1, 0.15) is 12.2 Å². The minimum atomic E-state index is -4.72. The summed E-state index contributed by atoms with van der Waals surface area (Å²) in [5.41, 5.74) is 0.246. The number of aryl methyl sites for hydroxylation is 1. The molecule has 108 valence electrons. The summed E-state index contributed by atoms with van der Waals surface area (Å²) < 4.78 is 42.4. The van der Waals surface area contributed by atoms with Crippen molar-refractivity contribution in [3.63, 3.8) is 0 Å². The van der Waals surface area contributed by atoms with Gasteiger partial charge in [-0.1, -0.05) is 12.1 Å². The molecule has 0 unspecified atom stereocenters. The Kier molecular flexibility index (Phi) is 4.11. The van der Waals surface area contributed by atoms with E-state index in [2.05, 4.69) is 20.1 Å². The van der Waals surface area contributed by atoms with Crippen LogP contribution >= 0.6 is 0 Å². The van der Waals surface area contributed by atoms with Crippen molar-refractivity contribution in [1.29, 1.82) is 0 Å². The van der Waals surface area contributed by atoms with Gasteiger partial charge in [0.2, 0.25) is 0 Å². The Morgan fingerprint density at radius 2 is 2.05 bits per heavy atom. The molecule has 0 aliphatic carbocycles. The molecule has 1 aromatic carbocycles. The summed E-state index contributed by atoms with van der Waals surface area (Å²) in [6.45, 7) is 2.79. The first-order chi connectivity index (χ1) is 9.49. The average Bonchev–Trinajstić information content (AvgIpc) is 2.83. The molecule has 8 heteroatoms. The highest BCUT2D eigenvalue weighted by Crippen LogP contribution is 2.30. The fourth-order valence-electron chi connectivity index (χ4n) is 1.69. The van der Waals surface area contributed by atoms with E-state index in [0.29, 0.717) is 12.4 Å². The molecule has 2 rings (SSSR count). The lowest BCUT2D eigenvalue weighted by atomic mass is 10.3. The van der Waals surface area contributed by atoms with Crippen LogP contribution in [0.3, 0.4) is 0 Å². The second-order valence-corrected chi connectivity index (χ2v) is 3.89. The number of ether oxygens (including phenoxy) is 1. The summed E-state index contributed by atoms with van der Waals surface area (Å²) in [7, 11) is 0. The van der Waals surface area contributed by atoms with E-state index >= 15 is 0 Å². The number of halogens is 3. The van der Waals surface area contributed by atoms with Gasteiger partial charge >= 0.3 is 6.36 Å². The minimum absolute atomic E-state index is 0.246. The Balaban J connectivity index is 2.10. The van der Waals surface area contributed by atoms with E-state index in [9.17, 15) is 13.2 Å². The molecule has 1 heterocycles. The van der Waals surface area contributed by atoms with Crippen molar-refractivity contribution in [2.75, 3.05) is 5.32 Å². The number of nitrogens with zero attached hydrogens (tertiary/aromatic N) is 3. The Hall–Kier alpha value is -2.25. The zero-order valence-corrected chi connectivity index (χ0v) is 10.7. The number of hydrogen-bond acceptors (Lipinski definition) is 4. The Morgan fingerprint density at radius 1 is 1.30 bits per heavy atom. The standard InChI is InChI=1S/C12H13F3N4O/c1-2-19-11(17-8-18-19)7-16-9-5-3-4-6-10(9)20-12(13,14)15/h3-6,8,16H,2,7H2,1H3. The highest BCUT2D eigenvalue weighted by Gasteiger charge is 2.32. The summed E-state index contributed by atoms with van der Waals surface area (Å²) in [5.74, 6) is 0.358. The second-order valence-electron chi connectivity index (χ2n) is 3.89. The molecule has 5 nitrogen and oxygen atoms in total. The van der Waals surface area contributed by atoms with Gasteiger partial charge in [-0.3, -0.25) is 0 Å². The molecule has 0 radical (unpaired) electrons. The first-order valence-electron chi connectivity index (χ1n) is 5.95. The molecule has 2 aromatic rings.